The molecule has 2 aromatic carbocycles. The van der Waals surface area contributed by atoms with Gasteiger partial charge >= 0.3 is 0 Å². The second kappa shape index (κ2) is 8.41. The molecule has 0 aliphatic rings. The lowest BCUT2D eigenvalue weighted by molar-refractivity contribution is -0.384. The summed E-state index contributed by atoms with van der Waals surface area (Å²) in [5.74, 6) is -0.369. The predicted octanol–water partition coefficient (Wildman–Crippen LogP) is 4.38. The van der Waals surface area contributed by atoms with Crippen LogP contribution in [0.2, 0.25) is 10.2 Å². The summed E-state index contributed by atoms with van der Waals surface area (Å²) in [6.07, 6.45) is 0. The van der Waals surface area contributed by atoms with Gasteiger partial charge in [-0.15, -0.1) is 0 Å². The van der Waals surface area contributed by atoms with E-state index in [0.29, 0.717) is 17.3 Å². The smallest absolute Gasteiger partial charge is 0.269 e. The van der Waals surface area contributed by atoms with Gasteiger partial charge in [-0.3, -0.25) is 14.9 Å². The molecule has 3 aromatic rings. The zero-order chi connectivity index (χ0) is 20.3. The Balaban J connectivity index is 1.72. The monoisotopic (exact) mass is 418 g/mol. The number of nitro benzene ring substituents is 1. The molecule has 0 aliphatic carbocycles. The minimum absolute atomic E-state index is 0.00480. The maximum Gasteiger partial charge on any atom is 0.269 e. The molecule has 144 valence electrons. The lowest BCUT2D eigenvalue weighted by Gasteiger charge is -2.07. The van der Waals surface area contributed by atoms with Gasteiger partial charge in [-0.05, 0) is 24.1 Å². The first kappa shape index (κ1) is 19.9. The molecule has 0 spiro atoms. The van der Waals surface area contributed by atoms with Crippen LogP contribution in [0.1, 0.15) is 27.2 Å². The largest absolute Gasteiger partial charge is 0.348 e. The van der Waals surface area contributed by atoms with Crippen molar-refractivity contribution in [1.82, 2.24) is 15.1 Å². The van der Waals surface area contributed by atoms with E-state index in [-0.39, 0.29) is 28.9 Å². The molecule has 0 saturated carbocycles. The summed E-state index contributed by atoms with van der Waals surface area (Å²) < 4.78 is 1.53. The Bertz CT molecular complexity index is 1030. The summed E-state index contributed by atoms with van der Waals surface area (Å²) in [5.41, 5.74) is 2.35. The molecule has 0 aliphatic heterocycles. The normalized spacial score (nSPS) is 10.7. The van der Waals surface area contributed by atoms with Crippen LogP contribution in [0.15, 0.2) is 48.5 Å². The summed E-state index contributed by atoms with van der Waals surface area (Å²) in [6, 6.07) is 13.3. The average Bonchev–Trinajstić information content (AvgIpc) is 2.95. The van der Waals surface area contributed by atoms with Crippen LogP contribution in [0.4, 0.5) is 5.69 Å². The minimum atomic E-state index is -0.473. The number of halogens is 2. The van der Waals surface area contributed by atoms with Crippen molar-refractivity contribution in [2.24, 2.45) is 0 Å². The van der Waals surface area contributed by atoms with Crippen molar-refractivity contribution >= 4 is 34.8 Å². The summed E-state index contributed by atoms with van der Waals surface area (Å²) in [6.45, 7) is 2.26. The van der Waals surface area contributed by atoms with Gasteiger partial charge in [0.15, 0.2) is 0 Å². The molecule has 0 fully saturated rings. The molecule has 9 heteroatoms. The topological polar surface area (TPSA) is 90.1 Å². The molecule has 1 aromatic heterocycles. The Morgan fingerprint density at radius 3 is 2.50 bits per heavy atom. The highest BCUT2D eigenvalue weighted by atomic mass is 35.5. The number of nitrogens with zero attached hydrogens (tertiary/aromatic N) is 3. The molecule has 28 heavy (non-hydrogen) atoms. The molecule has 0 radical (unpaired) electrons. The van der Waals surface area contributed by atoms with E-state index in [1.54, 1.807) is 25.1 Å². The van der Waals surface area contributed by atoms with E-state index in [2.05, 4.69) is 10.4 Å². The van der Waals surface area contributed by atoms with Crippen molar-refractivity contribution in [2.75, 3.05) is 0 Å². The number of amides is 1. The van der Waals surface area contributed by atoms with E-state index in [0.717, 1.165) is 11.1 Å². The first-order valence-corrected chi connectivity index (χ1v) is 9.10. The fraction of sp³-hybridized carbons (Fsp3) is 0.158. The summed E-state index contributed by atoms with van der Waals surface area (Å²) >= 11 is 12.6. The highest BCUT2D eigenvalue weighted by Gasteiger charge is 2.20. The van der Waals surface area contributed by atoms with Gasteiger partial charge < -0.3 is 5.32 Å². The highest BCUT2D eigenvalue weighted by molar-refractivity contribution is 6.33. The second-order valence-electron chi connectivity index (χ2n) is 6.11. The highest BCUT2D eigenvalue weighted by Crippen LogP contribution is 2.23. The number of carbonyl (C=O) groups excluding carboxylic acids is 1. The number of carbonyl (C=O) groups is 1. The standard InChI is InChI=1S/C19H16Cl2N4O3/c1-12-17(18(21)24(23-12)11-14-4-2-3-5-16(14)20)19(26)22-10-13-6-8-15(9-7-13)25(27)28/h2-9H,10-11H2,1H3,(H,22,26). The number of aryl methyl sites for hydroxylation is 1. The lowest BCUT2D eigenvalue weighted by atomic mass is 10.2. The zero-order valence-electron chi connectivity index (χ0n) is 14.9. The number of hydrogen-bond donors (Lipinski definition) is 1. The maximum absolute atomic E-state index is 12.6. The molecule has 1 amide bonds. The first-order valence-electron chi connectivity index (χ1n) is 8.34. The van der Waals surface area contributed by atoms with Crippen LogP contribution in [-0.4, -0.2) is 20.6 Å². The molecule has 7 nitrogen and oxygen atoms in total. The van der Waals surface area contributed by atoms with Crippen molar-refractivity contribution < 1.29 is 9.72 Å². The lowest BCUT2D eigenvalue weighted by Crippen LogP contribution is -2.23. The third-order valence-electron chi connectivity index (χ3n) is 4.17. The van der Waals surface area contributed by atoms with Gasteiger partial charge in [0.05, 0.1) is 22.7 Å². The summed E-state index contributed by atoms with van der Waals surface area (Å²) in [4.78, 5) is 22.8. The summed E-state index contributed by atoms with van der Waals surface area (Å²) in [7, 11) is 0. The number of non-ortho nitro benzene ring substituents is 1. The van der Waals surface area contributed by atoms with Gasteiger partial charge in [-0.2, -0.15) is 5.10 Å². The number of hydrogen-bond acceptors (Lipinski definition) is 4. The SMILES string of the molecule is Cc1nn(Cc2ccccc2Cl)c(Cl)c1C(=O)NCc1ccc([N+](=O)[O-])cc1. The van der Waals surface area contributed by atoms with Gasteiger partial charge in [-0.1, -0.05) is 53.5 Å². The molecule has 3 rings (SSSR count). The Morgan fingerprint density at radius 1 is 1.18 bits per heavy atom. The van der Waals surface area contributed by atoms with Crippen molar-refractivity contribution in [3.63, 3.8) is 0 Å². The van der Waals surface area contributed by atoms with E-state index in [1.807, 2.05) is 18.2 Å². The number of aromatic nitrogens is 2. The van der Waals surface area contributed by atoms with Gasteiger partial charge in [0.2, 0.25) is 0 Å². The van der Waals surface area contributed by atoms with Crippen LogP contribution < -0.4 is 5.32 Å². The number of nitro groups is 1. The van der Waals surface area contributed by atoms with E-state index >= 15 is 0 Å². The van der Waals surface area contributed by atoms with Crippen LogP contribution in [0.5, 0.6) is 0 Å². The average molecular weight is 419 g/mol. The number of benzene rings is 2. The van der Waals surface area contributed by atoms with Crippen molar-refractivity contribution in [1.29, 1.82) is 0 Å². The summed E-state index contributed by atoms with van der Waals surface area (Å²) in [5, 5.41) is 18.6. The fourth-order valence-electron chi connectivity index (χ4n) is 2.71. The molecular formula is C19H16Cl2N4O3. The van der Waals surface area contributed by atoms with E-state index in [1.165, 1.54) is 16.8 Å². The number of rotatable bonds is 6. The predicted molar refractivity (Wildman–Crippen MR) is 107 cm³/mol. The zero-order valence-corrected chi connectivity index (χ0v) is 16.4. The van der Waals surface area contributed by atoms with E-state index in [9.17, 15) is 14.9 Å². The molecule has 1 heterocycles. The van der Waals surface area contributed by atoms with Gasteiger partial charge in [-0.25, -0.2) is 4.68 Å². The van der Waals surface area contributed by atoms with Gasteiger partial charge in [0.25, 0.3) is 11.6 Å². The van der Waals surface area contributed by atoms with Crippen LogP contribution in [0.25, 0.3) is 0 Å². The Hall–Kier alpha value is -2.90. The van der Waals surface area contributed by atoms with Crippen LogP contribution in [-0.2, 0) is 13.1 Å². The third-order valence-corrected chi connectivity index (χ3v) is 4.92. The molecule has 0 bridgehead atoms. The molecule has 1 N–H and O–H groups in total. The minimum Gasteiger partial charge on any atom is -0.348 e. The fourth-order valence-corrected chi connectivity index (χ4v) is 3.23. The van der Waals surface area contributed by atoms with Crippen molar-refractivity contribution in [3.8, 4) is 0 Å². The van der Waals surface area contributed by atoms with Crippen LogP contribution >= 0.6 is 23.2 Å². The van der Waals surface area contributed by atoms with Gasteiger partial charge in [0, 0.05) is 23.7 Å². The van der Waals surface area contributed by atoms with Crippen molar-refractivity contribution in [2.45, 2.75) is 20.0 Å². The molecule has 0 atom stereocenters. The van der Waals surface area contributed by atoms with Crippen LogP contribution in [0.3, 0.4) is 0 Å². The first-order chi connectivity index (χ1) is 13.4. The number of nitrogens with one attached hydrogen (secondary N) is 1. The van der Waals surface area contributed by atoms with Gasteiger partial charge in [0.1, 0.15) is 5.15 Å². The quantitative estimate of drug-likeness (QED) is 0.474. The third kappa shape index (κ3) is 4.32. The van der Waals surface area contributed by atoms with E-state index in [4.69, 9.17) is 23.2 Å². The van der Waals surface area contributed by atoms with E-state index < -0.39 is 4.92 Å². The molecular weight excluding hydrogens is 403 g/mol. The van der Waals surface area contributed by atoms with Crippen LogP contribution in [0, 0.1) is 17.0 Å². The Morgan fingerprint density at radius 2 is 1.86 bits per heavy atom. The second-order valence-corrected chi connectivity index (χ2v) is 6.87. The molecule has 0 unspecified atom stereocenters. The maximum atomic E-state index is 12.6. The van der Waals surface area contributed by atoms with Crippen molar-refractivity contribution in [3.05, 3.63) is 91.2 Å². The Kier molecular flexibility index (Phi) is 5.96. The Labute approximate surface area is 171 Å². The molecule has 0 saturated heterocycles.